The highest BCUT2D eigenvalue weighted by molar-refractivity contribution is 6.21. The summed E-state index contributed by atoms with van der Waals surface area (Å²) in [6, 6.07) is 5.05. The van der Waals surface area contributed by atoms with Crippen LogP contribution in [-0.4, -0.2) is 34.5 Å². The van der Waals surface area contributed by atoms with E-state index in [1.54, 1.807) is 12.1 Å². The number of aliphatic hydroxyl groups excluding tert-OH is 1. The minimum Gasteiger partial charge on any atom is -0.396 e. The zero-order valence-electron chi connectivity index (χ0n) is 11.5. The van der Waals surface area contributed by atoms with Crippen LogP contribution < -0.4 is 0 Å². The van der Waals surface area contributed by atoms with Crippen LogP contribution in [-0.2, 0) is 0 Å². The normalized spacial score (nSPS) is 16.2. The summed E-state index contributed by atoms with van der Waals surface area (Å²) in [5.41, 5.74) is 1.91. The summed E-state index contributed by atoms with van der Waals surface area (Å²) in [4.78, 5) is 26.1. The van der Waals surface area contributed by atoms with Crippen molar-refractivity contribution in [1.29, 1.82) is 0 Å². The number of carbonyl (C=O) groups excluding carboxylic acids is 2. The molecule has 0 fully saturated rings. The van der Waals surface area contributed by atoms with Crippen LogP contribution in [0.25, 0.3) is 0 Å². The number of hydrogen-bond donors (Lipinski definition) is 1. The standard InChI is InChI=1S/C15H19NO3/c1-9(2)13(6-7-17)16-14(18)11-5-4-10(3)8-12(11)15(16)19/h4-5,8-9,13,17H,6-7H2,1-3H3. The van der Waals surface area contributed by atoms with E-state index in [0.29, 0.717) is 17.5 Å². The minimum absolute atomic E-state index is 0.0325. The smallest absolute Gasteiger partial charge is 0.261 e. The summed E-state index contributed by atoms with van der Waals surface area (Å²) < 4.78 is 0. The van der Waals surface area contributed by atoms with Crippen molar-refractivity contribution in [2.75, 3.05) is 6.61 Å². The number of hydrogen-bond acceptors (Lipinski definition) is 3. The van der Waals surface area contributed by atoms with Gasteiger partial charge in [-0.25, -0.2) is 0 Å². The van der Waals surface area contributed by atoms with Gasteiger partial charge in [-0.05, 0) is 31.4 Å². The number of imide groups is 1. The lowest BCUT2D eigenvalue weighted by Crippen LogP contribution is -2.43. The zero-order chi connectivity index (χ0) is 14.2. The zero-order valence-corrected chi connectivity index (χ0v) is 11.5. The highest BCUT2D eigenvalue weighted by Gasteiger charge is 2.40. The average molecular weight is 261 g/mol. The van der Waals surface area contributed by atoms with Gasteiger partial charge in [-0.2, -0.15) is 0 Å². The summed E-state index contributed by atoms with van der Waals surface area (Å²) in [5, 5.41) is 9.13. The molecule has 1 aliphatic rings. The number of aliphatic hydroxyl groups is 1. The quantitative estimate of drug-likeness (QED) is 0.843. The van der Waals surface area contributed by atoms with E-state index >= 15 is 0 Å². The monoisotopic (exact) mass is 261 g/mol. The van der Waals surface area contributed by atoms with Gasteiger partial charge >= 0.3 is 0 Å². The van der Waals surface area contributed by atoms with Crippen LogP contribution in [0.4, 0.5) is 0 Å². The van der Waals surface area contributed by atoms with Crippen molar-refractivity contribution < 1.29 is 14.7 Å². The van der Waals surface area contributed by atoms with Crippen LogP contribution >= 0.6 is 0 Å². The third kappa shape index (κ3) is 2.28. The number of aryl methyl sites for hydroxylation is 1. The van der Waals surface area contributed by atoms with Crippen LogP contribution in [0.15, 0.2) is 18.2 Å². The summed E-state index contributed by atoms with van der Waals surface area (Å²) in [6.07, 6.45) is 0.419. The Morgan fingerprint density at radius 2 is 1.79 bits per heavy atom. The molecule has 19 heavy (non-hydrogen) atoms. The van der Waals surface area contributed by atoms with E-state index in [-0.39, 0.29) is 30.4 Å². The van der Waals surface area contributed by atoms with Gasteiger partial charge in [0, 0.05) is 12.6 Å². The predicted octanol–water partition coefficient (Wildman–Crippen LogP) is 2.00. The molecule has 0 spiro atoms. The first-order chi connectivity index (χ1) is 8.97. The third-order valence-corrected chi connectivity index (χ3v) is 3.60. The van der Waals surface area contributed by atoms with Crippen LogP contribution in [0.2, 0.25) is 0 Å². The topological polar surface area (TPSA) is 57.6 Å². The maximum absolute atomic E-state index is 12.4. The predicted molar refractivity (Wildman–Crippen MR) is 72.0 cm³/mol. The van der Waals surface area contributed by atoms with Gasteiger partial charge in [-0.15, -0.1) is 0 Å². The fourth-order valence-electron chi connectivity index (χ4n) is 2.57. The van der Waals surface area contributed by atoms with E-state index < -0.39 is 0 Å². The Hall–Kier alpha value is -1.68. The molecule has 2 amide bonds. The average Bonchev–Trinajstić information content (AvgIpc) is 2.59. The van der Waals surface area contributed by atoms with Crippen LogP contribution in [0.3, 0.4) is 0 Å². The molecule has 2 rings (SSSR count). The molecule has 1 aromatic rings. The molecule has 0 radical (unpaired) electrons. The SMILES string of the molecule is Cc1ccc2c(c1)C(=O)N(C(CCO)C(C)C)C2=O. The van der Waals surface area contributed by atoms with E-state index in [1.165, 1.54) is 4.90 Å². The Balaban J connectivity index is 2.41. The molecule has 1 aliphatic heterocycles. The minimum atomic E-state index is -0.252. The maximum Gasteiger partial charge on any atom is 0.261 e. The maximum atomic E-state index is 12.4. The van der Waals surface area contributed by atoms with Crippen molar-refractivity contribution in [2.45, 2.75) is 33.2 Å². The molecule has 4 nitrogen and oxygen atoms in total. The second kappa shape index (κ2) is 5.13. The molecule has 0 bridgehead atoms. The molecule has 0 saturated carbocycles. The molecular formula is C15H19NO3. The van der Waals surface area contributed by atoms with Gasteiger partial charge in [-0.1, -0.05) is 25.5 Å². The molecule has 4 heteroatoms. The number of amides is 2. The van der Waals surface area contributed by atoms with Crippen molar-refractivity contribution in [3.8, 4) is 0 Å². The Bertz CT molecular complexity index is 522. The lowest BCUT2D eigenvalue weighted by atomic mass is 9.99. The van der Waals surface area contributed by atoms with Crippen molar-refractivity contribution in [3.63, 3.8) is 0 Å². The molecule has 0 aliphatic carbocycles. The first kappa shape index (κ1) is 13.7. The fraction of sp³-hybridized carbons (Fsp3) is 0.467. The molecule has 1 heterocycles. The van der Waals surface area contributed by atoms with Crippen LogP contribution in [0.1, 0.15) is 46.5 Å². The summed E-state index contributed by atoms with van der Waals surface area (Å²) >= 11 is 0. The summed E-state index contributed by atoms with van der Waals surface area (Å²) in [7, 11) is 0. The fourth-order valence-corrected chi connectivity index (χ4v) is 2.57. The highest BCUT2D eigenvalue weighted by atomic mass is 16.3. The first-order valence-corrected chi connectivity index (χ1v) is 6.56. The van der Waals surface area contributed by atoms with Gasteiger partial charge in [0.05, 0.1) is 11.1 Å². The van der Waals surface area contributed by atoms with Crippen molar-refractivity contribution in [1.82, 2.24) is 4.90 Å². The van der Waals surface area contributed by atoms with E-state index in [9.17, 15) is 9.59 Å². The van der Waals surface area contributed by atoms with Crippen molar-refractivity contribution >= 4 is 11.8 Å². The second-order valence-electron chi connectivity index (χ2n) is 5.35. The molecule has 1 atom stereocenters. The van der Waals surface area contributed by atoms with Gasteiger partial charge < -0.3 is 5.11 Å². The first-order valence-electron chi connectivity index (χ1n) is 6.56. The van der Waals surface area contributed by atoms with Gasteiger partial charge in [0.15, 0.2) is 0 Å². The molecular weight excluding hydrogens is 242 g/mol. The molecule has 0 aromatic heterocycles. The van der Waals surface area contributed by atoms with Gasteiger partial charge in [0.2, 0.25) is 0 Å². The lowest BCUT2D eigenvalue weighted by Gasteiger charge is -2.28. The van der Waals surface area contributed by atoms with Crippen molar-refractivity contribution in [2.24, 2.45) is 5.92 Å². The van der Waals surface area contributed by atoms with Crippen LogP contribution in [0.5, 0.6) is 0 Å². The summed E-state index contributed by atoms with van der Waals surface area (Å²) in [5.74, 6) is -0.363. The van der Waals surface area contributed by atoms with Gasteiger partial charge in [0.25, 0.3) is 11.8 Å². The molecule has 1 aromatic carbocycles. The second-order valence-corrected chi connectivity index (χ2v) is 5.35. The van der Waals surface area contributed by atoms with E-state index in [1.807, 2.05) is 26.8 Å². The number of nitrogens with zero attached hydrogens (tertiary/aromatic N) is 1. The van der Waals surface area contributed by atoms with E-state index in [4.69, 9.17) is 5.11 Å². The van der Waals surface area contributed by atoms with E-state index in [2.05, 4.69) is 0 Å². The van der Waals surface area contributed by atoms with Gasteiger partial charge in [0.1, 0.15) is 0 Å². The lowest BCUT2D eigenvalue weighted by molar-refractivity contribution is 0.0510. The Labute approximate surface area is 113 Å². The Morgan fingerprint density at radius 1 is 1.16 bits per heavy atom. The largest absolute Gasteiger partial charge is 0.396 e. The van der Waals surface area contributed by atoms with Crippen LogP contribution in [0, 0.1) is 12.8 Å². The highest BCUT2D eigenvalue weighted by Crippen LogP contribution is 2.29. The Morgan fingerprint density at radius 3 is 2.37 bits per heavy atom. The number of benzene rings is 1. The molecule has 1 N–H and O–H groups in total. The number of carbonyl (C=O) groups is 2. The van der Waals surface area contributed by atoms with E-state index in [0.717, 1.165) is 5.56 Å². The third-order valence-electron chi connectivity index (χ3n) is 3.60. The van der Waals surface area contributed by atoms with Gasteiger partial charge in [-0.3, -0.25) is 14.5 Å². The molecule has 102 valence electrons. The summed E-state index contributed by atoms with van der Waals surface area (Å²) in [6.45, 7) is 5.77. The number of rotatable bonds is 4. The Kier molecular flexibility index (Phi) is 3.71. The molecule has 0 saturated heterocycles. The number of fused-ring (bicyclic) bond motifs is 1. The molecule has 1 unspecified atom stereocenters. The van der Waals surface area contributed by atoms with Crippen molar-refractivity contribution in [3.05, 3.63) is 34.9 Å².